The van der Waals surface area contributed by atoms with Gasteiger partial charge in [0, 0.05) is 6.54 Å². The molecule has 0 amide bonds. The maximum Gasteiger partial charge on any atom is 0.109 e. The van der Waals surface area contributed by atoms with E-state index < -0.39 is 24.4 Å². The monoisotopic (exact) mass is 165 g/mol. The van der Waals surface area contributed by atoms with Gasteiger partial charge in [0.25, 0.3) is 0 Å². The summed E-state index contributed by atoms with van der Waals surface area (Å²) in [5, 5.41) is 35.7. The zero-order chi connectivity index (χ0) is 9.02. The van der Waals surface area contributed by atoms with Crippen LogP contribution in [0.1, 0.15) is 6.92 Å². The molecule has 4 unspecified atom stereocenters. The average molecular weight is 165 g/mol. The molecule has 68 valence electrons. The fraction of sp³-hybridized carbons (Fsp3) is 1.00. The molecule has 0 heterocycles. The minimum atomic E-state index is -1.39. The maximum absolute atomic E-state index is 9.02. The first-order valence-corrected chi connectivity index (χ1v) is 3.43. The van der Waals surface area contributed by atoms with Crippen LogP contribution in [0.3, 0.4) is 0 Å². The van der Waals surface area contributed by atoms with Crippen LogP contribution in [0.5, 0.6) is 0 Å². The third-order valence-corrected chi connectivity index (χ3v) is 1.48. The molecule has 0 saturated heterocycles. The largest absolute Gasteiger partial charge is 0.391 e. The Morgan fingerprint density at radius 1 is 1.09 bits per heavy atom. The van der Waals surface area contributed by atoms with Crippen LogP contribution < -0.4 is 5.73 Å². The minimum absolute atomic E-state index is 0.148. The molecule has 6 N–H and O–H groups in total. The van der Waals surface area contributed by atoms with E-state index in [9.17, 15) is 0 Å². The topological polar surface area (TPSA) is 107 Å². The standard InChI is InChI=1S/C6H15NO4/c1-3(8)5(10)6(11)4(9)2-7/h3-6,8-11H,2,7H2,1H3. The molecule has 4 atom stereocenters. The highest BCUT2D eigenvalue weighted by Gasteiger charge is 2.26. The van der Waals surface area contributed by atoms with Crippen LogP contribution in [-0.4, -0.2) is 51.4 Å². The number of aliphatic hydroxyl groups is 4. The number of aliphatic hydroxyl groups excluding tert-OH is 4. The molecule has 0 aromatic carbocycles. The second-order valence-electron chi connectivity index (χ2n) is 2.52. The molecule has 0 radical (unpaired) electrons. The fourth-order valence-corrected chi connectivity index (χ4v) is 0.652. The number of nitrogens with two attached hydrogens (primary N) is 1. The van der Waals surface area contributed by atoms with E-state index in [4.69, 9.17) is 26.2 Å². The lowest BCUT2D eigenvalue weighted by Gasteiger charge is -2.23. The zero-order valence-electron chi connectivity index (χ0n) is 6.38. The molecule has 0 fully saturated rings. The van der Waals surface area contributed by atoms with Crippen LogP contribution >= 0.6 is 0 Å². The fourth-order valence-electron chi connectivity index (χ4n) is 0.652. The molecule has 0 saturated carbocycles. The van der Waals surface area contributed by atoms with Gasteiger partial charge in [0.2, 0.25) is 0 Å². The van der Waals surface area contributed by atoms with Crippen LogP contribution in [0.25, 0.3) is 0 Å². The SMILES string of the molecule is CC(O)C(O)C(O)C(O)CN. The molecule has 0 aromatic rings. The summed E-state index contributed by atoms with van der Waals surface area (Å²) in [5.74, 6) is 0. The van der Waals surface area contributed by atoms with Crippen LogP contribution in [0.2, 0.25) is 0 Å². The molecule has 0 aromatic heterocycles. The second-order valence-corrected chi connectivity index (χ2v) is 2.52. The smallest absolute Gasteiger partial charge is 0.109 e. The van der Waals surface area contributed by atoms with Crippen molar-refractivity contribution in [1.29, 1.82) is 0 Å². The van der Waals surface area contributed by atoms with Gasteiger partial charge in [-0.3, -0.25) is 0 Å². The van der Waals surface area contributed by atoms with Crippen LogP contribution in [0.15, 0.2) is 0 Å². The van der Waals surface area contributed by atoms with Crippen molar-refractivity contribution in [2.24, 2.45) is 5.73 Å². The summed E-state index contributed by atoms with van der Waals surface area (Å²) in [5.41, 5.74) is 5.01. The molecule has 11 heavy (non-hydrogen) atoms. The van der Waals surface area contributed by atoms with Crippen molar-refractivity contribution in [3.8, 4) is 0 Å². The minimum Gasteiger partial charge on any atom is -0.391 e. The first-order chi connectivity index (χ1) is 5.00. The van der Waals surface area contributed by atoms with Crippen molar-refractivity contribution in [3.63, 3.8) is 0 Å². The maximum atomic E-state index is 9.02. The van der Waals surface area contributed by atoms with E-state index in [1.807, 2.05) is 0 Å². The number of rotatable bonds is 4. The number of hydrogen-bond donors (Lipinski definition) is 5. The van der Waals surface area contributed by atoms with Crippen molar-refractivity contribution in [2.75, 3.05) is 6.54 Å². The van der Waals surface area contributed by atoms with Crippen molar-refractivity contribution in [2.45, 2.75) is 31.3 Å². The van der Waals surface area contributed by atoms with Crippen molar-refractivity contribution in [1.82, 2.24) is 0 Å². The lowest BCUT2D eigenvalue weighted by molar-refractivity contribution is -0.0969. The quantitative estimate of drug-likeness (QED) is 0.314. The molecule has 0 aliphatic rings. The second kappa shape index (κ2) is 4.63. The summed E-state index contributed by atoms with van der Waals surface area (Å²) in [6, 6.07) is 0. The third kappa shape index (κ3) is 3.13. The Bertz CT molecular complexity index is 109. The highest BCUT2D eigenvalue weighted by atomic mass is 16.4. The number of hydrogen-bond acceptors (Lipinski definition) is 5. The van der Waals surface area contributed by atoms with Gasteiger partial charge in [-0.1, -0.05) is 0 Å². The van der Waals surface area contributed by atoms with E-state index >= 15 is 0 Å². The summed E-state index contributed by atoms with van der Waals surface area (Å²) in [6.45, 7) is 1.17. The summed E-state index contributed by atoms with van der Waals surface area (Å²) in [4.78, 5) is 0. The van der Waals surface area contributed by atoms with Gasteiger partial charge < -0.3 is 26.2 Å². The Labute approximate surface area is 65.1 Å². The van der Waals surface area contributed by atoms with Crippen molar-refractivity contribution in [3.05, 3.63) is 0 Å². The van der Waals surface area contributed by atoms with Gasteiger partial charge in [-0.25, -0.2) is 0 Å². The van der Waals surface area contributed by atoms with E-state index in [0.717, 1.165) is 0 Å². The van der Waals surface area contributed by atoms with Crippen LogP contribution in [0.4, 0.5) is 0 Å². The van der Waals surface area contributed by atoms with Crippen molar-refractivity contribution >= 4 is 0 Å². The Morgan fingerprint density at radius 3 is 1.82 bits per heavy atom. The summed E-state index contributed by atoms with van der Waals surface area (Å²) >= 11 is 0. The van der Waals surface area contributed by atoms with Crippen LogP contribution in [-0.2, 0) is 0 Å². The summed E-state index contributed by atoms with van der Waals surface area (Å²) in [7, 11) is 0. The van der Waals surface area contributed by atoms with Crippen LogP contribution in [0, 0.1) is 0 Å². The predicted molar refractivity (Wildman–Crippen MR) is 38.8 cm³/mol. The molecule has 0 rings (SSSR count). The van der Waals surface area contributed by atoms with E-state index in [-0.39, 0.29) is 6.54 Å². The third-order valence-electron chi connectivity index (χ3n) is 1.48. The van der Waals surface area contributed by atoms with E-state index in [1.54, 1.807) is 0 Å². The van der Waals surface area contributed by atoms with Gasteiger partial charge in [-0.05, 0) is 6.92 Å². The molecule has 0 bridgehead atoms. The Kier molecular flexibility index (Phi) is 4.55. The molecular formula is C6H15NO4. The average Bonchev–Trinajstić information content (AvgIpc) is 2.00. The Balaban J connectivity index is 3.90. The molecule has 0 spiro atoms. The van der Waals surface area contributed by atoms with Gasteiger partial charge in [0.1, 0.15) is 12.2 Å². The van der Waals surface area contributed by atoms with E-state index in [2.05, 4.69) is 0 Å². The van der Waals surface area contributed by atoms with E-state index in [1.165, 1.54) is 6.92 Å². The normalized spacial score (nSPS) is 22.4. The molecule has 5 nitrogen and oxygen atoms in total. The predicted octanol–water partition coefficient (Wildman–Crippen LogP) is -2.59. The Morgan fingerprint density at radius 2 is 1.55 bits per heavy atom. The van der Waals surface area contributed by atoms with Gasteiger partial charge >= 0.3 is 0 Å². The zero-order valence-corrected chi connectivity index (χ0v) is 6.38. The lowest BCUT2D eigenvalue weighted by Crippen LogP contribution is -2.46. The van der Waals surface area contributed by atoms with Crippen molar-refractivity contribution < 1.29 is 20.4 Å². The molecule has 0 aliphatic heterocycles. The first kappa shape index (κ1) is 10.8. The molecule has 0 aliphatic carbocycles. The van der Waals surface area contributed by atoms with Gasteiger partial charge in [0.15, 0.2) is 0 Å². The first-order valence-electron chi connectivity index (χ1n) is 3.43. The van der Waals surface area contributed by atoms with E-state index in [0.29, 0.717) is 0 Å². The molecule has 5 heteroatoms. The highest BCUT2D eigenvalue weighted by molar-refractivity contribution is 4.78. The van der Waals surface area contributed by atoms with Gasteiger partial charge in [-0.2, -0.15) is 0 Å². The van der Waals surface area contributed by atoms with Gasteiger partial charge in [0.05, 0.1) is 12.2 Å². The summed E-state index contributed by atoms with van der Waals surface area (Å²) < 4.78 is 0. The highest BCUT2D eigenvalue weighted by Crippen LogP contribution is 2.03. The lowest BCUT2D eigenvalue weighted by atomic mass is 10.0. The molecular weight excluding hydrogens is 150 g/mol. The Hall–Kier alpha value is -0.200. The summed E-state index contributed by atoms with van der Waals surface area (Å²) in [6.07, 6.45) is -5.01. The van der Waals surface area contributed by atoms with Gasteiger partial charge in [-0.15, -0.1) is 0 Å².